The van der Waals surface area contributed by atoms with Gasteiger partial charge in [-0.05, 0) is 36.1 Å². The molecule has 1 heterocycles. The summed E-state index contributed by atoms with van der Waals surface area (Å²) in [5, 5.41) is 16.5. The van der Waals surface area contributed by atoms with Gasteiger partial charge < -0.3 is 5.32 Å². The minimum Gasteiger partial charge on any atom is -0.376 e. The van der Waals surface area contributed by atoms with E-state index in [4.69, 9.17) is 34.8 Å². The van der Waals surface area contributed by atoms with Gasteiger partial charge in [-0.25, -0.2) is 0 Å². The summed E-state index contributed by atoms with van der Waals surface area (Å²) in [5.41, 5.74) is 2.27. The molecule has 0 unspecified atom stereocenters. The van der Waals surface area contributed by atoms with Crippen LogP contribution in [-0.2, 0) is 0 Å². The average Bonchev–Trinajstić information content (AvgIpc) is 3.04. The van der Waals surface area contributed by atoms with Crippen molar-refractivity contribution in [2.24, 2.45) is 5.92 Å². The Bertz CT molecular complexity index is 913. The summed E-state index contributed by atoms with van der Waals surface area (Å²) < 4.78 is 0. The van der Waals surface area contributed by atoms with Crippen molar-refractivity contribution >= 4 is 46.2 Å². The number of anilines is 1. The van der Waals surface area contributed by atoms with Gasteiger partial charge in [-0.1, -0.05) is 53.0 Å². The van der Waals surface area contributed by atoms with Crippen molar-refractivity contribution in [2.45, 2.75) is 18.4 Å². The molecule has 0 saturated heterocycles. The average molecular weight is 396 g/mol. The third-order valence-corrected chi connectivity index (χ3v) is 5.82. The number of benzene rings is 2. The number of hydrogen-bond donors (Lipinski definition) is 1. The number of allylic oxidation sites excluding steroid dienone is 2. The number of hydrogen-bond acceptors (Lipinski definition) is 3. The molecule has 0 fully saturated rings. The van der Waals surface area contributed by atoms with Gasteiger partial charge in [-0.3, -0.25) is 10.1 Å². The molecule has 3 atom stereocenters. The summed E-state index contributed by atoms with van der Waals surface area (Å²) in [6.07, 6.45) is 4.91. The van der Waals surface area contributed by atoms with Crippen LogP contribution in [0.1, 0.15) is 29.5 Å². The van der Waals surface area contributed by atoms with E-state index in [1.165, 1.54) is 6.07 Å². The van der Waals surface area contributed by atoms with E-state index in [0.717, 1.165) is 12.0 Å². The van der Waals surface area contributed by atoms with Gasteiger partial charge in [0.2, 0.25) is 0 Å². The molecule has 0 amide bonds. The molecule has 0 spiro atoms. The van der Waals surface area contributed by atoms with Crippen molar-refractivity contribution < 1.29 is 4.92 Å². The second kappa shape index (κ2) is 6.20. The maximum atomic E-state index is 11.5. The van der Waals surface area contributed by atoms with E-state index in [1.54, 1.807) is 18.2 Å². The van der Waals surface area contributed by atoms with Crippen molar-refractivity contribution in [3.05, 3.63) is 78.8 Å². The molecule has 0 saturated carbocycles. The lowest BCUT2D eigenvalue weighted by Gasteiger charge is -2.37. The van der Waals surface area contributed by atoms with Gasteiger partial charge in [0, 0.05) is 22.0 Å². The minimum absolute atomic E-state index is 0.0768. The zero-order chi connectivity index (χ0) is 17.7. The SMILES string of the molecule is O=[N+]([O-])c1ccc(Cl)c2c1[C@@H]1C=CC[C@H]1[C@@H](c1ccc(Cl)cc1Cl)N2. The van der Waals surface area contributed by atoms with Gasteiger partial charge in [-0.2, -0.15) is 0 Å². The second-order valence-electron chi connectivity index (χ2n) is 6.25. The number of rotatable bonds is 2. The van der Waals surface area contributed by atoms with E-state index in [-0.39, 0.29) is 28.5 Å². The molecule has 2 aromatic rings. The standard InChI is InChI=1S/C18H13Cl3N2O2/c19-9-4-5-12(14(21)8-9)17-11-3-1-2-10(11)16-15(23(24)25)7-6-13(20)18(16)22-17/h1-2,4-8,10-11,17,22H,3H2/t10-,11-,17+/m1/s1. The Morgan fingerprint density at radius 2 is 1.92 bits per heavy atom. The van der Waals surface area contributed by atoms with Crippen LogP contribution in [0.2, 0.25) is 15.1 Å². The first-order valence-electron chi connectivity index (χ1n) is 7.82. The van der Waals surface area contributed by atoms with Crippen LogP contribution in [0.25, 0.3) is 0 Å². The van der Waals surface area contributed by atoms with Crippen LogP contribution < -0.4 is 5.32 Å². The fourth-order valence-electron chi connectivity index (χ4n) is 3.88. The molecular weight excluding hydrogens is 383 g/mol. The predicted octanol–water partition coefficient (Wildman–Crippen LogP) is 6.38. The molecule has 2 aromatic carbocycles. The molecule has 1 aliphatic heterocycles. The molecule has 2 aliphatic rings. The zero-order valence-electron chi connectivity index (χ0n) is 12.9. The molecule has 4 rings (SSSR count). The number of nitro benzene ring substituents is 1. The minimum atomic E-state index is -0.352. The monoisotopic (exact) mass is 394 g/mol. The smallest absolute Gasteiger partial charge is 0.275 e. The molecule has 0 aromatic heterocycles. The third-order valence-electron chi connectivity index (χ3n) is 4.94. The molecule has 25 heavy (non-hydrogen) atoms. The van der Waals surface area contributed by atoms with E-state index < -0.39 is 0 Å². The van der Waals surface area contributed by atoms with Crippen molar-refractivity contribution in [3.8, 4) is 0 Å². The molecule has 1 N–H and O–H groups in total. The molecule has 0 bridgehead atoms. The predicted molar refractivity (Wildman–Crippen MR) is 101 cm³/mol. The molecular formula is C18H13Cl3N2O2. The van der Waals surface area contributed by atoms with Gasteiger partial charge in [0.25, 0.3) is 5.69 Å². The highest BCUT2D eigenvalue weighted by Crippen LogP contribution is 2.54. The first-order valence-corrected chi connectivity index (χ1v) is 8.95. The lowest BCUT2D eigenvalue weighted by molar-refractivity contribution is -0.385. The van der Waals surface area contributed by atoms with Crippen molar-refractivity contribution in [2.75, 3.05) is 5.32 Å². The normalized spacial score (nSPS) is 23.7. The summed E-state index contributed by atoms with van der Waals surface area (Å²) in [6, 6.07) is 8.34. The number of nitrogens with zero attached hydrogens (tertiary/aromatic N) is 1. The van der Waals surface area contributed by atoms with Crippen LogP contribution in [-0.4, -0.2) is 4.92 Å². The van der Waals surface area contributed by atoms with Crippen molar-refractivity contribution in [1.82, 2.24) is 0 Å². The second-order valence-corrected chi connectivity index (χ2v) is 7.50. The molecule has 0 radical (unpaired) electrons. The fraction of sp³-hybridized carbons (Fsp3) is 0.222. The molecule has 7 heteroatoms. The van der Waals surface area contributed by atoms with Crippen LogP contribution in [0.3, 0.4) is 0 Å². The Balaban J connectivity index is 1.89. The van der Waals surface area contributed by atoms with Gasteiger partial charge in [0.1, 0.15) is 0 Å². The maximum Gasteiger partial charge on any atom is 0.275 e. The van der Waals surface area contributed by atoms with E-state index in [0.29, 0.717) is 26.3 Å². The Kier molecular flexibility index (Phi) is 4.14. The zero-order valence-corrected chi connectivity index (χ0v) is 15.1. The van der Waals surface area contributed by atoms with Crippen LogP contribution in [0, 0.1) is 16.0 Å². The van der Waals surface area contributed by atoms with Crippen LogP contribution in [0.5, 0.6) is 0 Å². The third kappa shape index (κ3) is 2.69. The van der Waals surface area contributed by atoms with Gasteiger partial charge in [0.05, 0.1) is 27.2 Å². The summed E-state index contributed by atoms with van der Waals surface area (Å²) in [5.74, 6) is 0.0513. The summed E-state index contributed by atoms with van der Waals surface area (Å²) in [7, 11) is 0. The van der Waals surface area contributed by atoms with Crippen molar-refractivity contribution in [1.29, 1.82) is 0 Å². The largest absolute Gasteiger partial charge is 0.376 e. The summed E-state index contributed by atoms with van der Waals surface area (Å²) >= 11 is 18.8. The van der Waals surface area contributed by atoms with Crippen LogP contribution in [0.4, 0.5) is 11.4 Å². The number of nitrogens with one attached hydrogen (secondary N) is 1. The molecule has 4 nitrogen and oxygen atoms in total. The first-order chi connectivity index (χ1) is 12.0. The molecule has 1 aliphatic carbocycles. The topological polar surface area (TPSA) is 55.2 Å². The van der Waals surface area contributed by atoms with Crippen LogP contribution in [0.15, 0.2) is 42.5 Å². The number of halogens is 3. The van der Waals surface area contributed by atoms with Crippen molar-refractivity contribution in [3.63, 3.8) is 0 Å². The van der Waals surface area contributed by atoms with Gasteiger partial charge >= 0.3 is 0 Å². The van der Waals surface area contributed by atoms with E-state index in [2.05, 4.69) is 11.4 Å². The lowest BCUT2D eigenvalue weighted by Crippen LogP contribution is -2.30. The summed E-state index contributed by atoms with van der Waals surface area (Å²) in [4.78, 5) is 11.1. The Morgan fingerprint density at radius 1 is 1.12 bits per heavy atom. The highest BCUT2D eigenvalue weighted by molar-refractivity contribution is 6.35. The van der Waals surface area contributed by atoms with E-state index in [1.807, 2.05) is 12.1 Å². The van der Waals surface area contributed by atoms with Gasteiger partial charge in [0.15, 0.2) is 0 Å². The highest BCUT2D eigenvalue weighted by atomic mass is 35.5. The Morgan fingerprint density at radius 3 is 2.64 bits per heavy atom. The van der Waals surface area contributed by atoms with E-state index >= 15 is 0 Å². The summed E-state index contributed by atoms with van der Waals surface area (Å²) in [6.45, 7) is 0. The maximum absolute atomic E-state index is 11.5. The number of fused-ring (bicyclic) bond motifs is 3. The Labute approximate surface area is 159 Å². The fourth-order valence-corrected chi connectivity index (χ4v) is 4.62. The Hall–Kier alpha value is -1.75. The lowest BCUT2D eigenvalue weighted by atomic mass is 9.76. The quantitative estimate of drug-likeness (QED) is 0.364. The van der Waals surface area contributed by atoms with Gasteiger partial charge in [-0.15, -0.1) is 0 Å². The highest BCUT2D eigenvalue weighted by Gasteiger charge is 2.42. The molecule has 128 valence electrons. The van der Waals surface area contributed by atoms with E-state index in [9.17, 15) is 10.1 Å². The first kappa shape index (κ1) is 16.7. The number of nitro groups is 1. The van der Waals surface area contributed by atoms with Crippen LogP contribution >= 0.6 is 34.8 Å².